The molecule has 1 atom stereocenters. The molecular weight excluding hydrogens is 466 g/mol. The van der Waals surface area contributed by atoms with E-state index >= 15 is 0 Å². The molecule has 0 unspecified atom stereocenters. The fourth-order valence-electron chi connectivity index (χ4n) is 5.55. The Morgan fingerprint density at radius 2 is 1.95 bits per heavy atom. The van der Waals surface area contributed by atoms with E-state index in [1.165, 1.54) is 0 Å². The van der Waals surface area contributed by atoms with Gasteiger partial charge in [0.25, 0.3) is 0 Å². The number of carbonyl (C=O) groups is 2. The molecule has 0 spiro atoms. The molecule has 188 valence electrons. The first-order chi connectivity index (χ1) is 18.0. The first-order valence-electron chi connectivity index (χ1n) is 12.8. The van der Waals surface area contributed by atoms with Crippen LogP contribution in [0.3, 0.4) is 0 Å². The number of nitrogens with one attached hydrogen (secondary N) is 1. The SMILES string of the molecule is CCOC(=O)[C@H]1CCCN(c2cc(Nc3cc(C)ccc3C)c3c4c(onc24)-c2ccccc2C3=O)C1. The molecule has 7 nitrogen and oxygen atoms in total. The Morgan fingerprint density at radius 1 is 1.14 bits per heavy atom. The first-order valence-corrected chi connectivity index (χ1v) is 12.8. The van der Waals surface area contributed by atoms with E-state index in [0.29, 0.717) is 46.6 Å². The minimum atomic E-state index is -0.208. The lowest BCUT2D eigenvalue weighted by Crippen LogP contribution is -2.39. The standard InChI is InChI=1S/C30H29N3O4/c1-4-36-30(35)19-8-7-13-33(16-19)24-15-23(31-22-14-17(2)11-12-18(22)3)25-26-27(24)32-37-29(26)21-10-6-5-9-20(21)28(25)34/h5-6,9-12,14-15,19,31H,4,7-8,13,16H2,1-3H3/t19-/m0/s1. The van der Waals surface area contributed by atoms with E-state index < -0.39 is 0 Å². The monoisotopic (exact) mass is 495 g/mol. The Bertz CT molecular complexity index is 1550. The van der Waals surface area contributed by atoms with E-state index in [9.17, 15) is 9.59 Å². The predicted molar refractivity (Wildman–Crippen MR) is 144 cm³/mol. The number of rotatable bonds is 5. The van der Waals surface area contributed by atoms with Gasteiger partial charge in [-0.3, -0.25) is 9.59 Å². The molecule has 6 rings (SSSR count). The molecule has 3 aromatic carbocycles. The number of fused-ring (bicyclic) bond motifs is 2. The summed E-state index contributed by atoms with van der Waals surface area (Å²) in [6, 6.07) is 15.7. The van der Waals surface area contributed by atoms with Crippen LogP contribution in [0.25, 0.3) is 22.2 Å². The van der Waals surface area contributed by atoms with Crippen LogP contribution >= 0.6 is 0 Å². The zero-order chi connectivity index (χ0) is 25.7. The first kappa shape index (κ1) is 23.3. The number of aryl methyl sites for hydroxylation is 2. The number of nitrogens with zero attached hydrogens (tertiary/aromatic N) is 2. The molecule has 4 aromatic rings. The number of aromatic nitrogens is 1. The van der Waals surface area contributed by atoms with Crippen molar-refractivity contribution in [3.05, 3.63) is 70.8 Å². The Morgan fingerprint density at radius 3 is 2.76 bits per heavy atom. The van der Waals surface area contributed by atoms with Gasteiger partial charge >= 0.3 is 5.97 Å². The van der Waals surface area contributed by atoms with Crippen LogP contribution in [-0.2, 0) is 9.53 Å². The van der Waals surface area contributed by atoms with Gasteiger partial charge in [0.2, 0.25) is 0 Å². The van der Waals surface area contributed by atoms with E-state index in [2.05, 4.69) is 33.6 Å². The van der Waals surface area contributed by atoms with Gasteiger partial charge in [0.1, 0.15) is 5.52 Å². The van der Waals surface area contributed by atoms with Gasteiger partial charge in [0, 0.05) is 29.9 Å². The van der Waals surface area contributed by atoms with Crippen molar-refractivity contribution < 1.29 is 18.8 Å². The van der Waals surface area contributed by atoms with E-state index in [0.717, 1.165) is 47.5 Å². The molecule has 37 heavy (non-hydrogen) atoms. The zero-order valence-corrected chi connectivity index (χ0v) is 21.3. The van der Waals surface area contributed by atoms with Crippen LogP contribution < -0.4 is 10.2 Å². The molecule has 0 saturated carbocycles. The minimum Gasteiger partial charge on any atom is -0.466 e. The number of anilines is 3. The summed E-state index contributed by atoms with van der Waals surface area (Å²) < 4.78 is 11.2. The highest BCUT2D eigenvalue weighted by Gasteiger charge is 2.35. The van der Waals surface area contributed by atoms with Crippen molar-refractivity contribution in [1.82, 2.24) is 5.16 Å². The Hall–Kier alpha value is -4.13. The number of carbonyl (C=O) groups excluding carboxylic acids is 2. The van der Waals surface area contributed by atoms with Crippen LogP contribution in [0.4, 0.5) is 17.1 Å². The van der Waals surface area contributed by atoms with Crippen molar-refractivity contribution in [3.8, 4) is 11.3 Å². The Labute approximate surface area is 215 Å². The summed E-state index contributed by atoms with van der Waals surface area (Å²) in [7, 11) is 0. The lowest BCUT2D eigenvalue weighted by atomic mass is 9.86. The van der Waals surface area contributed by atoms with Crippen LogP contribution in [0.15, 0.2) is 53.1 Å². The average molecular weight is 496 g/mol. The third kappa shape index (κ3) is 3.86. The number of esters is 1. The second-order valence-corrected chi connectivity index (χ2v) is 9.91. The van der Waals surface area contributed by atoms with Gasteiger partial charge in [0.05, 0.1) is 34.8 Å². The van der Waals surface area contributed by atoms with E-state index in [-0.39, 0.29) is 17.7 Å². The highest BCUT2D eigenvalue weighted by Crippen LogP contribution is 2.47. The summed E-state index contributed by atoms with van der Waals surface area (Å²) in [6.45, 7) is 7.60. The van der Waals surface area contributed by atoms with Gasteiger partial charge in [-0.15, -0.1) is 0 Å². The maximum Gasteiger partial charge on any atom is 0.310 e. The summed E-state index contributed by atoms with van der Waals surface area (Å²) in [6.07, 6.45) is 1.65. The highest BCUT2D eigenvalue weighted by atomic mass is 16.5. The number of ketones is 1. The largest absolute Gasteiger partial charge is 0.466 e. The Kier molecular flexibility index (Phi) is 5.71. The lowest BCUT2D eigenvalue weighted by Gasteiger charge is -2.34. The lowest BCUT2D eigenvalue weighted by molar-refractivity contribution is -0.148. The molecule has 1 aliphatic carbocycles. The zero-order valence-electron chi connectivity index (χ0n) is 21.3. The van der Waals surface area contributed by atoms with Crippen LogP contribution in [0.5, 0.6) is 0 Å². The third-order valence-electron chi connectivity index (χ3n) is 7.42. The normalized spacial score (nSPS) is 16.6. The van der Waals surface area contributed by atoms with Crippen molar-refractivity contribution in [3.63, 3.8) is 0 Å². The molecule has 2 heterocycles. The number of hydrogen-bond donors (Lipinski definition) is 1. The van der Waals surface area contributed by atoms with Crippen molar-refractivity contribution >= 4 is 39.7 Å². The molecule has 1 aromatic heterocycles. The summed E-state index contributed by atoms with van der Waals surface area (Å²) in [5.41, 5.74) is 7.26. The minimum absolute atomic E-state index is 0.0568. The second-order valence-electron chi connectivity index (χ2n) is 9.91. The molecule has 7 heteroatoms. The number of benzene rings is 3. The number of piperidine rings is 1. The van der Waals surface area contributed by atoms with Gasteiger partial charge in [-0.05, 0) is 56.9 Å². The van der Waals surface area contributed by atoms with Gasteiger partial charge in [-0.25, -0.2) is 0 Å². The molecule has 0 amide bonds. The fraction of sp³-hybridized carbons (Fsp3) is 0.300. The van der Waals surface area contributed by atoms with Crippen molar-refractivity contribution in [2.75, 3.05) is 29.9 Å². The van der Waals surface area contributed by atoms with Crippen molar-refractivity contribution in [2.45, 2.75) is 33.6 Å². The maximum atomic E-state index is 13.9. The van der Waals surface area contributed by atoms with E-state index in [1.54, 1.807) is 0 Å². The molecule has 0 bridgehead atoms. The highest BCUT2D eigenvalue weighted by molar-refractivity contribution is 6.28. The molecule has 1 saturated heterocycles. The molecule has 0 radical (unpaired) electrons. The average Bonchev–Trinajstić information content (AvgIpc) is 3.35. The van der Waals surface area contributed by atoms with Crippen molar-refractivity contribution in [1.29, 1.82) is 0 Å². The smallest absolute Gasteiger partial charge is 0.310 e. The summed E-state index contributed by atoms with van der Waals surface area (Å²) in [4.78, 5) is 28.6. The summed E-state index contributed by atoms with van der Waals surface area (Å²) in [5.74, 6) is 0.170. The molecule has 1 N–H and O–H groups in total. The molecular formula is C30H29N3O4. The van der Waals surface area contributed by atoms with Crippen LogP contribution in [0.2, 0.25) is 0 Å². The Balaban J connectivity index is 1.54. The van der Waals surface area contributed by atoms with Crippen LogP contribution in [0.1, 0.15) is 46.8 Å². The number of ether oxygens (including phenoxy) is 1. The van der Waals surface area contributed by atoms with Crippen LogP contribution in [0, 0.1) is 19.8 Å². The fourth-order valence-corrected chi connectivity index (χ4v) is 5.55. The van der Waals surface area contributed by atoms with Gasteiger partial charge in [-0.2, -0.15) is 0 Å². The third-order valence-corrected chi connectivity index (χ3v) is 7.42. The van der Waals surface area contributed by atoms with E-state index in [1.807, 2.05) is 51.1 Å². The van der Waals surface area contributed by atoms with Gasteiger partial charge in [0.15, 0.2) is 11.5 Å². The molecule has 1 aliphatic heterocycles. The summed E-state index contributed by atoms with van der Waals surface area (Å²) >= 11 is 0. The maximum absolute atomic E-state index is 13.9. The molecule has 2 aliphatic rings. The van der Waals surface area contributed by atoms with Crippen LogP contribution in [-0.4, -0.2) is 36.6 Å². The van der Waals surface area contributed by atoms with E-state index in [4.69, 9.17) is 9.26 Å². The van der Waals surface area contributed by atoms with Crippen molar-refractivity contribution in [2.24, 2.45) is 5.92 Å². The van der Waals surface area contributed by atoms with Gasteiger partial charge < -0.3 is 19.5 Å². The number of hydrogen-bond acceptors (Lipinski definition) is 7. The second kappa shape index (κ2) is 9.07. The topological polar surface area (TPSA) is 84.7 Å². The van der Waals surface area contributed by atoms with Gasteiger partial charge in [-0.1, -0.05) is 41.6 Å². The quantitative estimate of drug-likeness (QED) is 0.292. The predicted octanol–water partition coefficient (Wildman–Crippen LogP) is 6.18. The molecule has 1 fully saturated rings. The summed E-state index contributed by atoms with van der Waals surface area (Å²) in [5, 5.41) is 8.75.